The van der Waals surface area contributed by atoms with Crippen LogP contribution in [0.2, 0.25) is 0 Å². The van der Waals surface area contributed by atoms with E-state index in [4.69, 9.17) is 4.74 Å². The van der Waals surface area contributed by atoms with E-state index in [0.717, 1.165) is 16.8 Å². The molecule has 1 aromatic carbocycles. The Labute approximate surface area is 129 Å². The van der Waals surface area contributed by atoms with E-state index in [1.165, 1.54) is 0 Å². The normalized spacial score (nSPS) is 10.3. The van der Waals surface area contributed by atoms with Crippen molar-refractivity contribution in [2.45, 2.75) is 13.8 Å². The SMILES string of the molecule is COCCNc1ccc(C(=O)Nc2cccc(C)c2C)nn1. The summed E-state index contributed by atoms with van der Waals surface area (Å²) in [5.41, 5.74) is 3.23. The summed E-state index contributed by atoms with van der Waals surface area (Å²) in [5, 5.41) is 13.8. The number of methoxy groups -OCH3 is 1. The van der Waals surface area contributed by atoms with E-state index in [1.54, 1.807) is 19.2 Å². The standard InChI is InChI=1S/C16H20N4O2/c1-11-5-4-6-13(12(11)2)18-16(21)14-7-8-15(20-19-14)17-9-10-22-3/h4-8H,9-10H2,1-3H3,(H,17,20)(H,18,21). The number of nitrogens with one attached hydrogen (secondary N) is 2. The third-order valence-corrected chi connectivity index (χ3v) is 3.36. The van der Waals surface area contributed by atoms with Gasteiger partial charge in [-0.2, -0.15) is 0 Å². The number of carbonyl (C=O) groups is 1. The maximum Gasteiger partial charge on any atom is 0.276 e. The van der Waals surface area contributed by atoms with Crippen LogP contribution in [-0.4, -0.2) is 36.4 Å². The van der Waals surface area contributed by atoms with E-state index in [9.17, 15) is 4.79 Å². The summed E-state index contributed by atoms with van der Waals surface area (Å²) >= 11 is 0. The second-order valence-electron chi connectivity index (χ2n) is 4.92. The number of anilines is 2. The third kappa shape index (κ3) is 4.02. The molecule has 0 fully saturated rings. The van der Waals surface area contributed by atoms with Crippen LogP contribution in [0.5, 0.6) is 0 Å². The van der Waals surface area contributed by atoms with Gasteiger partial charge in [0, 0.05) is 19.3 Å². The number of carbonyl (C=O) groups excluding carboxylic acids is 1. The highest BCUT2D eigenvalue weighted by atomic mass is 16.5. The maximum absolute atomic E-state index is 12.2. The van der Waals surface area contributed by atoms with Gasteiger partial charge in [0.25, 0.3) is 5.91 Å². The molecule has 116 valence electrons. The number of aryl methyl sites for hydroxylation is 1. The Kier molecular flexibility index (Phi) is 5.43. The van der Waals surface area contributed by atoms with Crippen LogP contribution in [0.25, 0.3) is 0 Å². The summed E-state index contributed by atoms with van der Waals surface area (Å²) in [7, 11) is 1.63. The van der Waals surface area contributed by atoms with Crippen molar-refractivity contribution in [2.75, 3.05) is 30.9 Å². The minimum Gasteiger partial charge on any atom is -0.383 e. The second kappa shape index (κ2) is 7.51. The van der Waals surface area contributed by atoms with Crippen molar-refractivity contribution in [1.29, 1.82) is 0 Å². The largest absolute Gasteiger partial charge is 0.383 e. The summed E-state index contributed by atoms with van der Waals surface area (Å²) < 4.78 is 4.94. The minimum atomic E-state index is -0.273. The summed E-state index contributed by atoms with van der Waals surface area (Å²) in [6.45, 7) is 5.19. The molecule has 0 spiro atoms. The van der Waals surface area contributed by atoms with Crippen molar-refractivity contribution < 1.29 is 9.53 Å². The second-order valence-corrected chi connectivity index (χ2v) is 4.92. The Morgan fingerprint density at radius 3 is 2.68 bits per heavy atom. The van der Waals surface area contributed by atoms with E-state index >= 15 is 0 Å². The molecule has 6 heteroatoms. The monoisotopic (exact) mass is 300 g/mol. The molecule has 2 aromatic rings. The molecule has 0 saturated heterocycles. The summed E-state index contributed by atoms with van der Waals surface area (Å²) in [6.07, 6.45) is 0. The van der Waals surface area contributed by atoms with Crippen molar-refractivity contribution in [2.24, 2.45) is 0 Å². The Morgan fingerprint density at radius 1 is 1.18 bits per heavy atom. The minimum absolute atomic E-state index is 0.273. The zero-order valence-electron chi connectivity index (χ0n) is 13.0. The number of hydrogen-bond donors (Lipinski definition) is 2. The van der Waals surface area contributed by atoms with Gasteiger partial charge in [-0.3, -0.25) is 4.79 Å². The Bertz CT molecular complexity index is 641. The number of hydrogen-bond acceptors (Lipinski definition) is 5. The average Bonchev–Trinajstić information content (AvgIpc) is 2.53. The van der Waals surface area contributed by atoms with E-state index in [1.807, 2.05) is 32.0 Å². The quantitative estimate of drug-likeness (QED) is 0.801. The first kappa shape index (κ1) is 15.9. The Morgan fingerprint density at radius 2 is 2.00 bits per heavy atom. The van der Waals surface area contributed by atoms with Gasteiger partial charge in [-0.15, -0.1) is 10.2 Å². The van der Waals surface area contributed by atoms with Gasteiger partial charge in [0.2, 0.25) is 0 Å². The Hall–Kier alpha value is -2.47. The number of aromatic nitrogens is 2. The van der Waals surface area contributed by atoms with Crippen molar-refractivity contribution in [3.63, 3.8) is 0 Å². The molecule has 6 nitrogen and oxygen atoms in total. The van der Waals surface area contributed by atoms with Crippen molar-refractivity contribution in [1.82, 2.24) is 10.2 Å². The predicted molar refractivity (Wildman–Crippen MR) is 86.3 cm³/mol. The van der Waals surface area contributed by atoms with E-state index in [2.05, 4.69) is 20.8 Å². The highest BCUT2D eigenvalue weighted by molar-refractivity contribution is 6.03. The van der Waals surface area contributed by atoms with Gasteiger partial charge < -0.3 is 15.4 Å². The number of rotatable bonds is 6. The molecule has 0 saturated carbocycles. The zero-order valence-corrected chi connectivity index (χ0v) is 13.0. The lowest BCUT2D eigenvalue weighted by Gasteiger charge is -2.10. The van der Waals surface area contributed by atoms with Crippen LogP contribution in [0.3, 0.4) is 0 Å². The zero-order chi connectivity index (χ0) is 15.9. The van der Waals surface area contributed by atoms with Gasteiger partial charge in [-0.1, -0.05) is 12.1 Å². The van der Waals surface area contributed by atoms with E-state index in [-0.39, 0.29) is 11.6 Å². The predicted octanol–water partition coefficient (Wildman–Crippen LogP) is 2.40. The van der Waals surface area contributed by atoms with Gasteiger partial charge in [-0.05, 0) is 43.2 Å². The molecule has 0 aliphatic rings. The molecule has 2 rings (SSSR count). The third-order valence-electron chi connectivity index (χ3n) is 3.36. The fraction of sp³-hybridized carbons (Fsp3) is 0.312. The van der Waals surface area contributed by atoms with Gasteiger partial charge in [-0.25, -0.2) is 0 Å². The number of ether oxygens (including phenoxy) is 1. The molecule has 0 aliphatic heterocycles. The smallest absolute Gasteiger partial charge is 0.276 e. The molecule has 0 atom stereocenters. The first-order chi connectivity index (χ1) is 10.6. The molecule has 0 bridgehead atoms. The lowest BCUT2D eigenvalue weighted by Crippen LogP contribution is -2.16. The van der Waals surface area contributed by atoms with Crippen molar-refractivity contribution in [3.8, 4) is 0 Å². The molecule has 1 heterocycles. The van der Waals surface area contributed by atoms with Gasteiger partial charge in [0.1, 0.15) is 5.82 Å². The van der Waals surface area contributed by atoms with E-state index < -0.39 is 0 Å². The molecular formula is C16H20N4O2. The number of amides is 1. The van der Waals surface area contributed by atoms with E-state index in [0.29, 0.717) is 19.0 Å². The number of benzene rings is 1. The molecule has 0 unspecified atom stereocenters. The fourth-order valence-corrected chi connectivity index (χ4v) is 1.90. The van der Waals surface area contributed by atoms with Crippen LogP contribution in [0.15, 0.2) is 30.3 Å². The Balaban J connectivity index is 2.02. The molecular weight excluding hydrogens is 280 g/mol. The molecule has 1 aromatic heterocycles. The van der Waals surface area contributed by atoms with Crippen molar-refractivity contribution >= 4 is 17.4 Å². The molecule has 1 amide bonds. The molecule has 0 aliphatic carbocycles. The van der Waals surface area contributed by atoms with Crippen LogP contribution < -0.4 is 10.6 Å². The summed E-state index contributed by atoms with van der Waals surface area (Å²) in [4.78, 5) is 12.2. The highest BCUT2D eigenvalue weighted by Crippen LogP contribution is 2.18. The molecule has 22 heavy (non-hydrogen) atoms. The fourth-order valence-electron chi connectivity index (χ4n) is 1.90. The first-order valence-electron chi connectivity index (χ1n) is 7.06. The van der Waals surface area contributed by atoms with Gasteiger partial charge >= 0.3 is 0 Å². The maximum atomic E-state index is 12.2. The van der Waals surface area contributed by atoms with Gasteiger partial charge in [0.15, 0.2) is 5.69 Å². The highest BCUT2D eigenvalue weighted by Gasteiger charge is 2.10. The van der Waals surface area contributed by atoms with Crippen LogP contribution in [0, 0.1) is 13.8 Å². The summed E-state index contributed by atoms with van der Waals surface area (Å²) in [6, 6.07) is 9.15. The molecule has 2 N–H and O–H groups in total. The topological polar surface area (TPSA) is 76.1 Å². The molecule has 0 radical (unpaired) electrons. The van der Waals surface area contributed by atoms with Crippen LogP contribution in [-0.2, 0) is 4.74 Å². The van der Waals surface area contributed by atoms with Crippen molar-refractivity contribution in [3.05, 3.63) is 47.2 Å². The lowest BCUT2D eigenvalue weighted by molar-refractivity contribution is 0.102. The van der Waals surface area contributed by atoms with Crippen LogP contribution in [0.4, 0.5) is 11.5 Å². The van der Waals surface area contributed by atoms with Gasteiger partial charge in [0.05, 0.1) is 6.61 Å². The summed E-state index contributed by atoms with van der Waals surface area (Å²) in [5.74, 6) is 0.338. The number of nitrogens with zero attached hydrogens (tertiary/aromatic N) is 2. The van der Waals surface area contributed by atoms with Crippen LogP contribution >= 0.6 is 0 Å². The first-order valence-corrected chi connectivity index (χ1v) is 7.06. The lowest BCUT2D eigenvalue weighted by atomic mass is 10.1. The average molecular weight is 300 g/mol. The van der Waals surface area contributed by atoms with Crippen LogP contribution in [0.1, 0.15) is 21.6 Å².